The summed E-state index contributed by atoms with van der Waals surface area (Å²) >= 11 is 0. The van der Waals surface area contributed by atoms with Gasteiger partial charge in [0.15, 0.2) is 0 Å². The van der Waals surface area contributed by atoms with Gasteiger partial charge in [-0.25, -0.2) is 0 Å². The van der Waals surface area contributed by atoms with Crippen LogP contribution in [0.15, 0.2) is 0 Å². The maximum atomic E-state index is 10.8. The van der Waals surface area contributed by atoms with Crippen LogP contribution >= 0.6 is 0 Å². The highest BCUT2D eigenvalue weighted by molar-refractivity contribution is 5.79. The van der Waals surface area contributed by atoms with Crippen LogP contribution in [0.4, 0.5) is 0 Å². The van der Waals surface area contributed by atoms with Crippen LogP contribution in [0, 0.1) is 17.8 Å². The third-order valence-corrected chi connectivity index (χ3v) is 3.54. The van der Waals surface area contributed by atoms with E-state index < -0.39 is 0 Å². The number of nitrogens with one attached hydrogen (secondary N) is 1. The van der Waals surface area contributed by atoms with Crippen molar-refractivity contribution >= 4 is 5.91 Å². The second kappa shape index (κ2) is 3.89. The first-order valence-corrected chi connectivity index (χ1v) is 5.71. The predicted octanol–water partition coefficient (Wildman–Crippen LogP) is 0.886. The van der Waals surface area contributed by atoms with E-state index in [0.717, 1.165) is 24.3 Å². The summed E-state index contributed by atoms with van der Waals surface area (Å²) in [6.45, 7) is 2.83. The molecule has 0 heterocycles. The zero-order valence-electron chi connectivity index (χ0n) is 8.83. The summed E-state index contributed by atoms with van der Waals surface area (Å²) in [5.41, 5.74) is 5.20. The van der Waals surface area contributed by atoms with Gasteiger partial charge in [0.2, 0.25) is 5.91 Å². The molecule has 2 fully saturated rings. The van der Waals surface area contributed by atoms with Crippen molar-refractivity contribution in [1.82, 2.24) is 5.32 Å². The van der Waals surface area contributed by atoms with Gasteiger partial charge in [0.05, 0.1) is 6.04 Å². The molecule has 0 aliphatic heterocycles. The van der Waals surface area contributed by atoms with Gasteiger partial charge in [-0.3, -0.25) is 4.79 Å². The van der Waals surface area contributed by atoms with E-state index in [0.29, 0.717) is 0 Å². The summed E-state index contributed by atoms with van der Waals surface area (Å²) in [4.78, 5) is 10.8. The standard InChI is InChI=1S/C11H20N2O/c1-7(11(12)14)13-6-10(8-2-3-8)9-4-5-9/h7-10,13H,2-6H2,1H3,(H2,12,14). The highest BCUT2D eigenvalue weighted by Crippen LogP contribution is 2.48. The lowest BCUT2D eigenvalue weighted by molar-refractivity contribution is -0.119. The Bertz CT molecular complexity index is 209. The van der Waals surface area contributed by atoms with E-state index in [2.05, 4.69) is 5.32 Å². The quantitative estimate of drug-likeness (QED) is 0.662. The molecule has 1 unspecified atom stereocenters. The molecule has 3 nitrogen and oxygen atoms in total. The Morgan fingerprint density at radius 3 is 2.21 bits per heavy atom. The Hall–Kier alpha value is -0.570. The summed E-state index contributed by atoms with van der Waals surface area (Å²) < 4.78 is 0. The molecule has 1 amide bonds. The SMILES string of the molecule is CC(NCC(C1CC1)C1CC1)C(N)=O. The fourth-order valence-electron chi connectivity index (χ4n) is 2.18. The lowest BCUT2D eigenvalue weighted by Gasteiger charge is -2.18. The maximum absolute atomic E-state index is 10.8. The van der Waals surface area contributed by atoms with E-state index in [1.54, 1.807) is 0 Å². The molecule has 1 atom stereocenters. The zero-order valence-corrected chi connectivity index (χ0v) is 8.83. The highest BCUT2D eigenvalue weighted by Gasteiger charge is 2.41. The van der Waals surface area contributed by atoms with Crippen LogP contribution in [0.1, 0.15) is 32.6 Å². The molecule has 0 saturated heterocycles. The smallest absolute Gasteiger partial charge is 0.234 e. The Labute approximate surface area is 85.4 Å². The minimum Gasteiger partial charge on any atom is -0.368 e. The third-order valence-electron chi connectivity index (χ3n) is 3.54. The first kappa shape index (κ1) is 9.97. The van der Waals surface area contributed by atoms with Crippen molar-refractivity contribution in [2.24, 2.45) is 23.5 Å². The predicted molar refractivity (Wildman–Crippen MR) is 55.6 cm³/mol. The second-order valence-corrected chi connectivity index (χ2v) is 4.87. The molecular weight excluding hydrogens is 176 g/mol. The molecule has 2 aliphatic rings. The summed E-state index contributed by atoms with van der Waals surface area (Å²) in [5, 5.41) is 3.25. The summed E-state index contributed by atoms with van der Waals surface area (Å²) in [7, 11) is 0. The molecule has 0 aromatic rings. The number of rotatable bonds is 6. The lowest BCUT2D eigenvalue weighted by Crippen LogP contribution is -2.41. The second-order valence-electron chi connectivity index (χ2n) is 4.87. The Balaban J connectivity index is 1.73. The molecule has 0 aromatic carbocycles. The molecule has 3 N–H and O–H groups in total. The third kappa shape index (κ3) is 2.47. The first-order valence-electron chi connectivity index (χ1n) is 5.71. The largest absolute Gasteiger partial charge is 0.368 e. The molecule has 14 heavy (non-hydrogen) atoms. The Morgan fingerprint density at radius 1 is 1.36 bits per heavy atom. The van der Waals surface area contributed by atoms with E-state index in [1.165, 1.54) is 25.7 Å². The molecule has 3 heteroatoms. The van der Waals surface area contributed by atoms with Gasteiger partial charge in [0.25, 0.3) is 0 Å². The molecule has 2 aliphatic carbocycles. The van der Waals surface area contributed by atoms with Crippen molar-refractivity contribution in [1.29, 1.82) is 0 Å². The minimum absolute atomic E-state index is 0.171. The molecule has 0 radical (unpaired) electrons. The first-order chi connectivity index (χ1) is 6.68. The monoisotopic (exact) mass is 196 g/mol. The van der Waals surface area contributed by atoms with Crippen molar-refractivity contribution in [2.45, 2.75) is 38.6 Å². The van der Waals surface area contributed by atoms with E-state index in [1.807, 2.05) is 6.92 Å². The molecule has 2 saturated carbocycles. The van der Waals surface area contributed by atoms with Crippen LogP contribution in [0.2, 0.25) is 0 Å². The number of primary amides is 1. The molecule has 0 spiro atoms. The average molecular weight is 196 g/mol. The lowest BCUT2D eigenvalue weighted by atomic mass is 9.97. The van der Waals surface area contributed by atoms with Crippen molar-refractivity contribution in [3.05, 3.63) is 0 Å². The molecule has 0 bridgehead atoms. The summed E-state index contributed by atoms with van der Waals surface area (Å²) in [6, 6.07) is -0.171. The molecule has 0 aromatic heterocycles. The van der Waals surface area contributed by atoms with Gasteiger partial charge in [-0.05, 0) is 56.9 Å². The van der Waals surface area contributed by atoms with Gasteiger partial charge in [-0.2, -0.15) is 0 Å². The van der Waals surface area contributed by atoms with Crippen LogP contribution in [0.3, 0.4) is 0 Å². The van der Waals surface area contributed by atoms with Gasteiger partial charge in [0, 0.05) is 0 Å². The van der Waals surface area contributed by atoms with Gasteiger partial charge in [-0.1, -0.05) is 0 Å². The van der Waals surface area contributed by atoms with Crippen LogP contribution in [0.25, 0.3) is 0 Å². The van der Waals surface area contributed by atoms with Crippen LogP contribution < -0.4 is 11.1 Å². The van der Waals surface area contributed by atoms with E-state index in [9.17, 15) is 4.79 Å². The number of carbonyl (C=O) groups is 1. The normalized spacial score (nSPS) is 23.9. The summed E-state index contributed by atoms with van der Waals surface area (Å²) in [6.07, 6.45) is 5.59. The number of amides is 1. The minimum atomic E-state index is -0.240. The molecular formula is C11H20N2O. The number of nitrogens with two attached hydrogens (primary N) is 1. The van der Waals surface area contributed by atoms with Crippen LogP contribution in [0.5, 0.6) is 0 Å². The highest BCUT2D eigenvalue weighted by atomic mass is 16.1. The number of hydrogen-bond acceptors (Lipinski definition) is 2. The average Bonchev–Trinajstić information content (AvgIpc) is 2.99. The van der Waals surface area contributed by atoms with Gasteiger partial charge in [0.1, 0.15) is 0 Å². The van der Waals surface area contributed by atoms with Crippen LogP contribution in [-0.4, -0.2) is 18.5 Å². The molecule has 2 rings (SSSR count). The maximum Gasteiger partial charge on any atom is 0.234 e. The molecule has 80 valence electrons. The zero-order chi connectivity index (χ0) is 10.1. The Morgan fingerprint density at radius 2 is 1.86 bits per heavy atom. The number of hydrogen-bond donors (Lipinski definition) is 2. The van der Waals surface area contributed by atoms with Crippen molar-refractivity contribution < 1.29 is 4.79 Å². The van der Waals surface area contributed by atoms with Crippen molar-refractivity contribution in [3.63, 3.8) is 0 Å². The van der Waals surface area contributed by atoms with Crippen molar-refractivity contribution in [2.75, 3.05) is 6.54 Å². The fraction of sp³-hybridized carbons (Fsp3) is 0.909. The van der Waals surface area contributed by atoms with Gasteiger partial charge < -0.3 is 11.1 Å². The fourth-order valence-corrected chi connectivity index (χ4v) is 2.18. The van der Waals surface area contributed by atoms with Crippen LogP contribution in [-0.2, 0) is 4.79 Å². The van der Waals surface area contributed by atoms with Crippen molar-refractivity contribution in [3.8, 4) is 0 Å². The summed E-state index contributed by atoms with van der Waals surface area (Å²) in [5.74, 6) is 2.46. The van der Waals surface area contributed by atoms with E-state index >= 15 is 0 Å². The topological polar surface area (TPSA) is 55.1 Å². The van der Waals surface area contributed by atoms with Gasteiger partial charge in [-0.15, -0.1) is 0 Å². The van der Waals surface area contributed by atoms with E-state index in [-0.39, 0.29) is 11.9 Å². The Kier molecular flexibility index (Phi) is 2.77. The van der Waals surface area contributed by atoms with Gasteiger partial charge >= 0.3 is 0 Å². The number of carbonyl (C=O) groups excluding carboxylic acids is 1. The van der Waals surface area contributed by atoms with E-state index in [4.69, 9.17) is 5.73 Å².